The number of carbonyl (C=O) groups is 2. The minimum absolute atomic E-state index is 0.558. The van der Waals surface area contributed by atoms with E-state index in [4.69, 9.17) is 10.2 Å². The minimum atomic E-state index is -1.26. The highest BCUT2D eigenvalue weighted by Gasteiger charge is 2.21. The van der Waals surface area contributed by atoms with Crippen molar-refractivity contribution in [2.24, 2.45) is 0 Å². The topological polar surface area (TPSA) is 103 Å². The van der Waals surface area contributed by atoms with Gasteiger partial charge >= 0.3 is 11.9 Å². The number of aromatic amines is 1. The molecule has 0 aromatic carbocycles. The number of nitrogens with zero attached hydrogens (tertiary/aromatic N) is 1. The first-order valence-corrected chi connectivity index (χ1v) is 8.14. The van der Waals surface area contributed by atoms with E-state index in [-0.39, 0.29) is 0 Å². The van der Waals surface area contributed by atoms with Gasteiger partial charge < -0.3 is 15.2 Å². The third kappa shape index (κ3) is 4.20. The van der Waals surface area contributed by atoms with Crippen LogP contribution in [0.4, 0.5) is 0 Å². The van der Waals surface area contributed by atoms with Crippen LogP contribution >= 0.6 is 11.3 Å². The van der Waals surface area contributed by atoms with E-state index >= 15 is 0 Å². The van der Waals surface area contributed by atoms with Gasteiger partial charge in [-0.2, -0.15) is 0 Å². The average Bonchev–Trinajstić information content (AvgIpc) is 3.15. The lowest BCUT2D eigenvalue weighted by Gasteiger charge is -2.14. The summed E-state index contributed by atoms with van der Waals surface area (Å²) < 4.78 is 0. The molecule has 126 valence electrons. The number of hydrogen-bond acceptors (Lipinski definition) is 4. The molecule has 2 aromatic heterocycles. The van der Waals surface area contributed by atoms with Crippen LogP contribution in [-0.2, 0) is 16.0 Å². The summed E-state index contributed by atoms with van der Waals surface area (Å²) in [5.74, 6) is -2.51. The number of aryl methyl sites for hydroxylation is 2. The summed E-state index contributed by atoms with van der Waals surface area (Å²) in [4.78, 5) is 29.3. The van der Waals surface area contributed by atoms with E-state index in [0.717, 1.165) is 12.1 Å². The zero-order valence-electron chi connectivity index (χ0n) is 13.4. The highest BCUT2D eigenvalue weighted by molar-refractivity contribution is 7.12. The fraction of sp³-hybridized carbons (Fsp3) is 0.235. The highest BCUT2D eigenvalue weighted by atomic mass is 32.1. The number of rotatable bonds is 3. The van der Waals surface area contributed by atoms with Crippen molar-refractivity contribution in [3.05, 3.63) is 57.3 Å². The van der Waals surface area contributed by atoms with Crippen LogP contribution in [0.5, 0.6) is 0 Å². The van der Waals surface area contributed by atoms with E-state index in [1.165, 1.54) is 32.9 Å². The molecular weight excluding hydrogens is 328 g/mol. The van der Waals surface area contributed by atoms with Crippen LogP contribution in [0.3, 0.4) is 0 Å². The number of allylic oxidation sites excluding steroid dienone is 1. The van der Waals surface area contributed by atoms with Crippen LogP contribution in [0.15, 0.2) is 30.8 Å². The monoisotopic (exact) mass is 346 g/mol. The molecule has 1 aliphatic carbocycles. The molecular formula is C17H18N2O4S. The van der Waals surface area contributed by atoms with Gasteiger partial charge in [-0.1, -0.05) is 6.08 Å². The molecule has 0 bridgehead atoms. The largest absolute Gasteiger partial charge is 0.478 e. The first-order valence-electron chi connectivity index (χ1n) is 7.32. The maximum atomic E-state index is 9.55. The van der Waals surface area contributed by atoms with Crippen molar-refractivity contribution in [2.75, 3.05) is 0 Å². The molecule has 3 N–H and O–H groups in total. The lowest BCUT2D eigenvalue weighted by molar-refractivity contribution is -0.134. The molecule has 6 nitrogen and oxygen atoms in total. The predicted octanol–water partition coefficient (Wildman–Crippen LogP) is 3.18. The highest BCUT2D eigenvalue weighted by Crippen LogP contribution is 2.39. The van der Waals surface area contributed by atoms with Gasteiger partial charge in [-0.15, -0.1) is 11.3 Å². The van der Waals surface area contributed by atoms with Crippen molar-refractivity contribution in [1.82, 2.24) is 9.97 Å². The molecule has 2 aromatic rings. The maximum absolute atomic E-state index is 9.55. The molecule has 24 heavy (non-hydrogen) atoms. The third-order valence-electron chi connectivity index (χ3n) is 3.55. The molecule has 0 saturated heterocycles. The van der Waals surface area contributed by atoms with Crippen LogP contribution < -0.4 is 0 Å². The zero-order valence-corrected chi connectivity index (χ0v) is 14.2. The van der Waals surface area contributed by atoms with Gasteiger partial charge in [0.25, 0.3) is 0 Å². The Hall–Kier alpha value is -2.67. The van der Waals surface area contributed by atoms with Crippen LogP contribution in [0.1, 0.15) is 33.0 Å². The summed E-state index contributed by atoms with van der Waals surface area (Å²) in [6.45, 7) is 4.44. The number of thiophene rings is 1. The quantitative estimate of drug-likeness (QED) is 0.741. The van der Waals surface area contributed by atoms with Gasteiger partial charge in [0.15, 0.2) is 0 Å². The number of carboxylic acid groups (broad SMARTS) is 2. The Morgan fingerprint density at radius 1 is 1.21 bits per heavy atom. The number of H-pyrrole nitrogens is 1. The SMILES string of the molecule is Cc1sc(C)c2c1CCC=C2c1cnc[nH]1.O=C(O)C=CC(=O)O. The molecule has 0 radical (unpaired) electrons. The molecule has 0 fully saturated rings. The zero-order chi connectivity index (χ0) is 17.7. The van der Waals surface area contributed by atoms with Gasteiger partial charge in [-0.3, -0.25) is 0 Å². The van der Waals surface area contributed by atoms with Crippen molar-refractivity contribution in [1.29, 1.82) is 0 Å². The molecule has 7 heteroatoms. The number of aromatic nitrogens is 2. The van der Waals surface area contributed by atoms with Crippen LogP contribution in [0.25, 0.3) is 5.57 Å². The Kier molecular flexibility index (Phi) is 5.70. The summed E-state index contributed by atoms with van der Waals surface area (Å²) in [7, 11) is 0. The lowest BCUT2D eigenvalue weighted by Crippen LogP contribution is -2.00. The van der Waals surface area contributed by atoms with Crippen LogP contribution in [0, 0.1) is 13.8 Å². The Morgan fingerprint density at radius 2 is 1.88 bits per heavy atom. The molecule has 0 atom stereocenters. The second-order valence-corrected chi connectivity index (χ2v) is 6.63. The molecule has 0 unspecified atom stereocenters. The van der Waals surface area contributed by atoms with Crippen molar-refractivity contribution >= 4 is 28.8 Å². The number of nitrogens with one attached hydrogen (secondary N) is 1. The first-order chi connectivity index (χ1) is 11.4. The van der Waals surface area contributed by atoms with E-state index < -0.39 is 11.9 Å². The van der Waals surface area contributed by atoms with E-state index in [1.54, 1.807) is 6.33 Å². The fourth-order valence-corrected chi connectivity index (χ4v) is 3.76. The van der Waals surface area contributed by atoms with Crippen molar-refractivity contribution in [2.45, 2.75) is 26.7 Å². The van der Waals surface area contributed by atoms with Gasteiger partial charge in [-0.05, 0) is 32.3 Å². The molecule has 1 aliphatic rings. The number of carboxylic acids is 2. The van der Waals surface area contributed by atoms with Crippen LogP contribution in [-0.4, -0.2) is 32.1 Å². The van der Waals surface area contributed by atoms with Crippen molar-refractivity contribution in [3.63, 3.8) is 0 Å². The van der Waals surface area contributed by atoms with E-state index in [0.29, 0.717) is 12.2 Å². The normalized spacial score (nSPS) is 13.0. The second kappa shape index (κ2) is 7.74. The Bertz CT molecular complexity index is 785. The van der Waals surface area contributed by atoms with Gasteiger partial charge in [0, 0.05) is 33.0 Å². The predicted molar refractivity (Wildman–Crippen MR) is 92.2 cm³/mol. The first kappa shape index (κ1) is 17.7. The summed E-state index contributed by atoms with van der Waals surface area (Å²) in [5, 5.41) is 15.6. The molecule has 3 rings (SSSR count). The van der Waals surface area contributed by atoms with Gasteiger partial charge in [0.1, 0.15) is 0 Å². The summed E-state index contributed by atoms with van der Waals surface area (Å²) >= 11 is 1.91. The van der Waals surface area contributed by atoms with Gasteiger partial charge in [0.05, 0.1) is 18.2 Å². The standard InChI is InChI=1S/C13H14N2S.C4H4O4/c1-8-10-4-3-5-11(12-6-14-7-15-12)13(10)9(2)16-8;5-3(6)1-2-4(7)8/h5-7H,3-4H2,1-2H3,(H,14,15);1-2H,(H,5,6)(H,7,8). The van der Waals surface area contributed by atoms with E-state index in [1.807, 2.05) is 17.5 Å². The Morgan fingerprint density at radius 3 is 2.42 bits per heavy atom. The maximum Gasteiger partial charge on any atom is 0.328 e. The molecule has 2 heterocycles. The summed E-state index contributed by atoms with van der Waals surface area (Å²) in [5.41, 5.74) is 5.45. The molecule has 0 amide bonds. The smallest absolute Gasteiger partial charge is 0.328 e. The number of hydrogen-bond donors (Lipinski definition) is 3. The summed E-state index contributed by atoms with van der Waals surface area (Å²) in [6, 6.07) is 0. The minimum Gasteiger partial charge on any atom is -0.478 e. The fourth-order valence-electron chi connectivity index (χ4n) is 2.64. The average molecular weight is 346 g/mol. The van der Waals surface area contributed by atoms with Crippen LogP contribution in [0.2, 0.25) is 0 Å². The molecule has 0 saturated carbocycles. The lowest BCUT2D eigenvalue weighted by atomic mass is 9.90. The summed E-state index contributed by atoms with van der Waals surface area (Å²) in [6.07, 6.45) is 9.42. The third-order valence-corrected chi connectivity index (χ3v) is 4.62. The number of imidazole rings is 1. The molecule has 0 aliphatic heterocycles. The van der Waals surface area contributed by atoms with Crippen molar-refractivity contribution < 1.29 is 19.8 Å². The van der Waals surface area contributed by atoms with Gasteiger partial charge in [-0.25, -0.2) is 14.6 Å². The van der Waals surface area contributed by atoms with Gasteiger partial charge in [0.2, 0.25) is 0 Å². The van der Waals surface area contributed by atoms with E-state index in [2.05, 4.69) is 29.9 Å². The Labute approximate surface area is 143 Å². The Balaban J connectivity index is 0.000000224. The molecule has 0 spiro atoms. The van der Waals surface area contributed by atoms with Crippen molar-refractivity contribution in [3.8, 4) is 0 Å². The number of fused-ring (bicyclic) bond motifs is 1. The van der Waals surface area contributed by atoms with E-state index in [9.17, 15) is 9.59 Å². The number of aliphatic carboxylic acids is 2. The second-order valence-electron chi connectivity index (χ2n) is 5.20.